The van der Waals surface area contributed by atoms with Gasteiger partial charge in [-0.2, -0.15) is 0 Å². The summed E-state index contributed by atoms with van der Waals surface area (Å²) in [5.74, 6) is 0.0607. The lowest BCUT2D eigenvalue weighted by molar-refractivity contribution is -0.128. The highest BCUT2D eigenvalue weighted by atomic mass is 16.5. The minimum atomic E-state index is 0.0607. The number of carbonyl (C=O) groups is 1. The van der Waals surface area contributed by atoms with Crippen LogP contribution in [0.3, 0.4) is 0 Å². The van der Waals surface area contributed by atoms with E-state index in [9.17, 15) is 4.79 Å². The molecule has 1 aliphatic rings. The van der Waals surface area contributed by atoms with Crippen molar-refractivity contribution in [1.82, 2.24) is 4.90 Å². The van der Waals surface area contributed by atoms with Crippen LogP contribution in [0.2, 0.25) is 0 Å². The zero-order valence-corrected chi connectivity index (χ0v) is 12.1. The zero-order chi connectivity index (χ0) is 14.2. The number of carbonyl (C=O) groups excluding carboxylic acids is 1. The second-order valence-corrected chi connectivity index (χ2v) is 5.11. The fourth-order valence-corrected chi connectivity index (χ4v) is 2.41. The van der Waals surface area contributed by atoms with E-state index in [4.69, 9.17) is 4.74 Å². The van der Waals surface area contributed by atoms with Crippen molar-refractivity contribution in [3.63, 3.8) is 0 Å². The summed E-state index contributed by atoms with van der Waals surface area (Å²) < 4.78 is 5.71. The van der Waals surface area contributed by atoms with Gasteiger partial charge >= 0.3 is 0 Å². The fourth-order valence-electron chi connectivity index (χ4n) is 2.41. The summed E-state index contributed by atoms with van der Waals surface area (Å²) in [7, 11) is 0. The van der Waals surface area contributed by atoms with Crippen molar-refractivity contribution in [3.8, 4) is 0 Å². The first-order valence-electron chi connectivity index (χ1n) is 7.43. The maximum Gasteiger partial charge on any atom is 0.246 e. The molecule has 1 fully saturated rings. The SMILES string of the molecule is CCN(CC1CCCCO1)C(=O)C=Cc1ccccc1. The van der Waals surface area contributed by atoms with E-state index in [1.54, 1.807) is 6.08 Å². The van der Waals surface area contributed by atoms with Gasteiger partial charge in [-0.15, -0.1) is 0 Å². The largest absolute Gasteiger partial charge is 0.376 e. The third kappa shape index (κ3) is 4.49. The van der Waals surface area contributed by atoms with Crippen molar-refractivity contribution in [2.45, 2.75) is 32.3 Å². The van der Waals surface area contributed by atoms with Crippen LogP contribution < -0.4 is 0 Å². The van der Waals surface area contributed by atoms with Crippen molar-refractivity contribution in [1.29, 1.82) is 0 Å². The van der Waals surface area contributed by atoms with Crippen LogP contribution in [0, 0.1) is 0 Å². The number of ether oxygens (including phenoxy) is 1. The Labute approximate surface area is 121 Å². The van der Waals surface area contributed by atoms with E-state index in [2.05, 4.69) is 0 Å². The molecule has 0 radical (unpaired) electrons. The lowest BCUT2D eigenvalue weighted by Gasteiger charge is -2.28. The van der Waals surface area contributed by atoms with Crippen molar-refractivity contribution in [3.05, 3.63) is 42.0 Å². The number of hydrogen-bond acceptors (Lipinski definition) is 2. The van der Waals surface area contributed by atoms with E-state index in [-0.39, 0.29) is 12.0 Å². The first-order chi connectivity index (χ1) is 9.79. The van der Waals surface area contributed by atoms with Crippen LogP contribution in [0.25, 0.3) is 6.08 Å². The molecule has 1 atom stereocenters. The van der Waals surface area contributed by atoms with E-state index < -0.39 is 0 Å². The molecule has 0 saturated carbocycles. The number of nitrogens with zero attached hydrogens (tertiary/aromatic N) is 1. The Balaban J connectivity index is 1.89. The molecule has 0 aliphatic carbocycles. The topological polar surface area (TPSA) is 29.5 Å². The molecule has 1 heterocycles. The Morgan fingerprint density at radius 1 is 1.35 bits per heavy atom. The summed E-state index contributed by atoms with van der Waals surface area (Å²) in [6.45, 7) is 4.26. The van der Waals surface area contributed by atoms with Gasteiger partial charge in [0.2, 0.25) is 5.91 Å². The minimum absolute atomic E-state index is 0.0607. The minimum Gasteiger partial charge on any atom is -0.376 e. The van der Waals surface area contributed by atoms with Crippen LogP contribution in [0.5, 0.6) is 0 Å². The van der Waals surface area contributed by atoms with Gasteiger partial charge in [0.15, 0.2) is 0 Å². The maximum atomic E-state index is 12.2. The summed E-state index contributed by atoms with van der Waals surface area (Å²) in [5.41, 5.74) is 1.05. The average Bonchev–Trinajstić information content (AvgIpc) is 2.52. The maximum absolute atomic E-state index is 12.2. The Kier molecular flexibility index (Phi) is 5.81. The quantitative estimate of drug-likeness (QED) is 0.771. The normalized spacial score (nSPS) is 19.1. The third-order valence-electron chi connectivity index (χ3n) is 3.61. The van der Waals surface area contributed by atoms with Gasteiger partial charge in [-0.25, -0.2) is 0 Å². The van der Waals surface area contributed by atoms with Gasteiger partial charge in [0.1, 0.15) is 0 Å². The molecule has 3 heteroatoms. The molecule has 1 saturated heterocycles. The Morgan fingerprint density at radius 3 is 2.80 bits per heavy atom. The summed E-state index contributed by atoms with van der Waals surface area (Å²) in [6.07, 6.45) is 7.14. The zero-order valence-electron chi connectivity index (χ0n) is 12.1. The van der Waals surface area contributed by atoms with Crippen LogP contribution in [-0.2, 0) is 9.53 Å². The van der Waals surface area contributed by atoms with Crippen LogP contribution in [0.4, 0.5) is 0 Å². The smallest absolute Gasteiger partial charge is 0.246 e. The van der Waals surface area contributed by atoms with E-state index in [0.29, 0.717) is 6.54 Å². The molecule has 20 heavy (non-hydrogen) atoms. The van der Waals surface area contributed by atoms with Gasteiger partial charge < -0.3 is 9.64 Å². The van der Waals surface area contributed by atoms with Gasteiger partial charge in [0.05, 0.1) is 6.10 Å². The van der Waals surface area contributed by atoms with E-state index >= 15 is 0 Å². The molecule has 0 N–H and O–H groups in total. The summed E-state index contributed by atoms with van der Waals surface area (Å²) in [6, 6.07) is 9.89. The highest BCUT2D eigenvalue weighted by molar-refractivity contribution is 5.91. The van der Waals surface area contributed by atoms with Crippen LogP contribution in [0.1, 0.15) is 31.7 Å². The molecular weight excluding hydrogens is 250 g/mol. The number of benzene rings is 1. The average molecular weight is 273 g/mol. The number of hydrogen-bond donors (Lipinski definition) is 0. The van der Waals surface area contributed by atoms with Crippen LogP contribution >= 0.6 is 0 Å². The lowest BCUT2D eigenvalue weighted by Crippen LogP contribution is -2.38. The first kappa shape index (κ1) is 14.8. The molecule has 1 aromatic rings. The molecule has 1 amide bonds. The lowest BCUT2D eigenvalue weighted by atomic mass is 10.1. The molecule has 1 aliphatic heterocycles. The van der Waals surface area contributed by atoms with Gasteiger partial charge in [-0.05, 0) is 37.8 Å². The molecule has 2 rings (SSSR count). The van der Waals surface area contributed by atoms with Gasteiger partial charge in [-0.1, -0.05) is 30.3 Å². The van der Waals surface area contributed by atoms with Gasteiger partial charge in [0, 0.05) is 25.8 Å². The van der Waals surface area contributed by atoms with Crippen LogP contribution in [0.15, 0.2) is 36.4 Å². The second-order valence-electron chi connectivity index (χ2n) is 5.11. The van der Waals surface area contributed by atoms with E-state index in [1.807, 2.05) is 48.2 Å². The fraction of sp³-hybridized carbons (Fsp3) is 0.471. The van der Waals surface area contributed by atoms with Crippen LogP contribution in [-0.4, -0.2) is 36.6 Å². The van der Waals surface area contributed by atoms with Crippen molar-refractivity contribution < 1.29 is 9.53 Å². The van der Waals surface area contributed by atoms with Crippen molar-refractivity contribution >= 4 is 12.0 Å². The molecule has 0 bridgehead atoms. The van der Waals surface area contributed by atoms with Crippen molar-refractivity contribution in [2.24, 2.45) is 0 Å². The summed E-state index contributed by atoms with van der Waals surface area (Å²) >= 11 is 0. The standard InChI is InChI=1S/C17H23NO2/c1-2-18(14-16-10-6-7-13-20-16)17(19)12-11-15-8-4-3-5-9-15/h3-5,8-9,11-12,16H,2,6-7,10,13-14H2,1H3. The van der Waals surface area contributed by atoms with Gasteiger partial charge in [0.25, 0.3) is 0 Å². The van der Waals surface area contributed by atoms with Crippen molar-refractivity contribution in [2.75, 3.05) is 19.7 Å². The first-order valence-corrected chi connectivity index (χ1v) is 7.43. The van der Waals surface area contributed by atoms with E-state index in [1.165, 1.54) is 6.42 Å². The predicted octanol–water partition coefficient (Wildman–Crippen LogP) is 3.12. The summed E-state index contributed by atoms with van der Waals surface area (Å²) in [4.78, 5) is 14.1. The molecule has 1 aromatic carbocycles. The van der Waals surface area contributed by atoms with E-state index in [0.717, 1.165) is 31.6 Å². The monoisotopic (exact) mass is 273 g/mol. The molecule has 0 aromatic heterocycles. The highest BCUT2D eigenvalue weighted by Crippen LogP contribution is 2.14. The number of rotatable bonds is 5. The molecule has 3 nitrogen and oxygen atoms in total. The summed E-state index contributed by atoms with van der Waals surface area (Å²) in [5, 5.41) is 0. The predicted molar refractivity (Wildman–Crippen MR) is 81.3 cm³/mol. The molecule has 0 spiro atoms. The highest BCUT2D eigenvalue weighted by Gasteiger charge is 2.18. The molecular formula is C17H23NO2. The Morgan fingerprint density at radius 2 is 2.15 bits per heavy atom. The Hall–Kier alpha value is -1.61. The third-order valence-corrected chi connectivity index (χ3v) is 3.61. The van der Waals surface area contributed by atoms with Gasteiger partial charge in [-0.3, -0.25) is 4.79 Å². The second kappa shape index (κ2) is 7.85. The number of likely N-dealkylation sites (N-methyl/N-ethyl adjacent to an activating group) is 1. The Bertz CT molecular complexity index is 436. The number of amides is 1. The molecule has 108 valence electrons. The molecule has 1 unspecified atom stereocenters.